The van der Waals surface area contributed by atoms with Gasteiger partial charge in [0.2, 0.25) is 0 Å². The molecule has 1 aliphatic rings. The van der Waals surface area contributed by atoms with Crippen LogP contribution in [0.15, 0.2) is 53.5 Å². The predicted molar refractivity (Wildman–Crippen MR) is 109 cm³/mol. The van der Waals surface area contributed by atoms with Gasteiger partial charge < -0.3 is 15.4 Å². The molecule has 1 fully saturated rings. The number of rotatable bonds is 9. The molecule has 3 rings (SSSR count). The zero-order valence-corrected chi connectivity index (χ0v) is 16.1. The van der Waals surface area contributed by atoms with Gasteiger partial charge in [0.25, 0.3) is 5.69 Å². The molecule has 148 valence electrons. The van der Waals surface area contributed by atoms with E-state index < -0.39 is 4.92 Å². The van der Waals surface area contributed by atoms with Crippen molar-refractivity contribution in [3.05, 3.63) is 69.8 Å². The number of nitro groups is 1. The first-order valence-corrected chi connectivity index (χ1v) is 9.62. The van der Waals surface area contributed by atoms with E-state index in [2.05, 4.69) is 21.7 Å². The maximum Gasteiger partial charge on any atom is 0.269 e. The first-order chi connectivity index (χ1) is 13.7. The Kier molecular flexibility index (Phi) is 6.84. The summed E-state index contributed by atoms with van der Waals surface area (Å²) in [5.41, 5.74) is 2.08. The van der Waals surface area contributed by atoms with Gasteiger partial charge in [0.05, 0.1) is 18.1 Å². The molecule has 28 heavy (non-hydrogen) atoms. The molecule has 1 saturated carbocycles. The second kappa shape index (κ2) is 9.73. The van der Waals surface area contributed by atoms with E-state index in [9.17, 15) is 10.1 Å². The van der Waals surface area contributed by atoms with Gasteiger partial charge in [-0.1, -0.05) is 30.3 Å². The Balaban J connectivity index is 1.59. The maximum absolute atomic E-state index is 10.7. The minimum atomic E-state index is -0.401. The molecule has 7 heteroatoms. The number of ether oxygens (including phenoxy) is 1. The van der Waals surface area contributed by atoms with Crippen LogP contribution < -0.4 is 15.4 Å². The largest absolute Gasteiger partial charge is 0.493 e. The Bertz CT molecular complexity index is 817. The molecule has 0 heterocycles. The molecule has 0 saturated heterocycles. The lowest BCUT2D eigenvalue weighted by Crippen LogP contribution is -2.36. The molecule has 0 spiro atoms. The Morgan fingerprint density at radius 2 is 1.93 bits per heavy atom. The quantitative estimate of drug-likeness (QED) is 0.299. The number of hydrogen-bond acceptors (Lipinski definition) is 4. The highest BCUT2D eigenvalue weighted by atomic mass is 16.6. The van der Waals surface area contributed by atoms with E-state index in [4.69, 9.17) is 4.74 Å². The highest BCUT2D eigenvalue weighted by Gasteiger charge is 2.22. The fraction of sp³-hybridized carbons (Fsp3) is 0.381. The first kappa shape index (κ1) is 19.7. The molecule has 1 aliphatic carbocycles. The van der Waals surface area contributed by atoms with E-state index in [1.807, 2.05) is 25.1 Å². The van der Waals surface area contributed by atoms with E-state index in [1.54, 1.807) is 12.1 Å². The average molecular weight is 382 g/mol. The summed E-state index contributed by atoms with van der Waals surface area (Å²) in [6, 6.07) is 14.5. The Morgan fingerprint density at radius 3 is 2.61 bits per heavy atom. The Morgan fingerprint density at radius 1 is 1.18 bits per heavy atom. The van der Waals surface area contributed by atoms with Crippen molar-refractivity contribution in [1.82, 2.24) is 10.6 Å². The van der Waals surface area contributed by atoms with Crippen molar-refractivity contribution >= 4 is 11.6 Å². The summed E-state index contributed by atoms with van der Waals surface area (Å²) < 4.78 is 5.96. The van der Waals surface area contributed by atoms with Crippen molar-refractivity contribution in [2.75, 3.05) is 13.2 Å². The van der Waals surface area contributed by atoms with Gasteiger partial charge in [-0.05, 0) is 37.3 Å². The summed E-state index contributed by atoms with van der Waals surface area (Å²) in [4.78, 5) is 14.9. The van der Waals surface area contributed by atoms with Gasteiger partial charge in [-0.25, -0.2) is 4.99 Å². The lowest BCUT2D eigenvalue weighted by molar-refractivity contribution is -0.384. The van der Waals surface area contributed by atoms with Crippen molar-refractivity contribution in [1.29, 1.82) is 0 Å². The van der Waals surface area contributed by atoms with Gasteiger partial charge in [0.1, 0.15) is 5.75 Å². The summed E-state index contributed by atoms with van der Waals surface area (Å²) in [6.45, 7) is 4.58. The number of nitro benzene ring substituents is 1. The minimum absolute atomic E-state index is 0.0839. The normalized spacial score (nSPS) is 13.8. The van der Waals surface area contributed by atoms with Crippen LogP contribution >= 0.6 is 0 Å². The standard InChI is InChI=1S/C21H26N4O3/c1-2-22-21(23-13-16-9-11-19(12-10-16)25(26)27)24-14-18-5-3-4-6-20(18)28-15-17-7-8-17/h3-6,9-12,17H,2,7-8,13-15H2,1H3,(H2,22,23,24). The molecular formula is C21H26N4O3. The molecule has 2 aromatic rings. The van der Waals surface area contributed by atoms with Crippen LogP contribution in [-0.4, -0.2) is 24.0 Å². The summed E-state index contributed by atoms with van der Waals surface area (Å²) >= 11 is 0. The van der Waals surface area contributed by atoms with E-state index in [1.165, 1.54) is 25.0 Å². The summed E-state index contributed by atoms with van der Waals surface area (Å²) in [5.74, 6) is 2.31. The lowest BCUT2D eigenvalue weighted by atomic mass is 10.2. The van der Waals surface area contributed by atoms with Crippen LogP contribution in [0.5, 0.6) is 5.75 Å². The second-order valence-electron chi connectivity index (χ2n) is 6.83. The van der Waals surface area contributed by atoms with Gasteiger partial charge in [0.15, 0.2) is 5.96 Å². The molecule has 2 N–H and O–H groups in total. The van der Waals surface area contributed by atoms with E-state index in [0.717, 1.165) is 30.0 Å². The third kappa shape index (κ3) is 5.97. The zero-order valence-electron chi connectivity index (χ0n) is 16.1. The van der Waals surface area contributed by atoms with Gasteiger partial charge in [-0.2, -0.15) is 0 Å². The number of guanidine groups is 1. The van der Waals surface area contributed by atoms with Crippen LogP contribution in [0.2, 0.25) is 0 Å². The summed E-state index contributed by atoms with van der Waals surface area (Å²) in [7, 11) is 0. The SMILES string of the molecule is CCNC(=NCc1ccc([N+](=O)[O-])cc1)NCc1ccccc1OCC1CC1. The molecule has 0 aromatic heterocycles. The fourth-order valence-corrected chi connectivity index (χ4v) is 2.70. The van der Waals surface area contributed by atoms with Crippen LogP contribution in [-0.2, 0) is 13.1 Å². The van der Waals surface area contributed by atoms with E-state index >= 15 is 0 Å². The number of benzene rings is 2. The van der Waals surface area contributed by atoms with Crippen LogP contribution in [0.1, 0.15) is 30.9 Å². The molecule has 0 bridgehead atoms. The third-order valence-corrected chi connectivity index (χ3v) is 4.50. The van der Waals surface area contributed by atoms with Crippen molar-refractivity contribution in [2.24, 2.45) is 10.9 Å². The Labute approximate surface area is 165 Å². The van der Waals surface area contributed by atoms with Crippen molar-refractivity contribution in [3.63, 3.8) is 0 Å². The van der Waals surface area contributed by atoms with Crippen molar-refractivity contribution < 1.29 is 9.66 Å². The number of hydrogen-bond donors (Lipinski definition) is 2. The van der Waals surface area contributed by atoms with Crippen molar-refractivity contribution in [2.45, 2.75) is 32.9 Å². The third-order valence-electron chi connectivity index (χ3n) is 4.50. The second-order valence-corrected chi connectivity index (χ2v) is 6.83. The lowest BCUT2D eigenvalue weighted by Gasteiger charge is -2.14. The van der Waals surface area contributed by atoms with E-state index in [-0.39, 0.29) is 5.69 Å². The highest BCUT2D eigenvalue weighted by Crippen LogP contribution is 2.30. The molecule has 0 atom stereocenters. The molecule has 0 amide bonds. The number of aliphatic imine (C=N–C) groups is 1. The number of para-hydroxylation sites is 1. The fourth-order valence-electron chi connectivity index (χ4n) is 2.70. The molecule has 2 aromatic carbocycles. The molecular weight excluding hydrogens is 356 g/mol. The first-order valence-electron chi connectivity index (χ1n) is 9.62. The van der Waals surface area contributed by atoms with Crippen molar-refractivity contribution in [3.8, 4) is 5.75 Å². The Hall–Kier alpha value is -3.09. The van der Waals surface area contributed by atoms with Gasteiger partial charge >= 0.3 is 0 Å². The molecule has 7 nitrogen and oxygen atoms in total. The predicted octanol–water partition coefficient (Wildman–Crippen LogP) is 3.64. The van der Waals surface area contributed by atoms with Crippen LogP contribution in [0, 0.1) is 16.0 Å². The number of non-ortho nitro benzene ring substituents is 1. The van der Waals surface area contributed by atoms with E-state index in [0.29, 0.717) is 25.0 Å². The molecule has 0 aliphatic heterocycles. The number of nitrogens with one attached hydrogen (secondary N) is 2. The van der Waals surface area contributed by atoms with Crippen LogP contribution in [0.3, 0.4) is 0 Å². The summed E-state index contributed by atoms with van der Waals surface area (Å²) in [6.07, 6.45) is 2.53. The zero-order chi connectivity index (χ0) is 19.8. The summed E-state index contributed by atoms with van der Waals surface area (Å²) in [5, 5.41) is 17.3. The molecule has 0 unspecified atom stereocenters. The molecule has 0 radical (unpaired) electrons. The number of nitrogens with zero attached hydrogens (tertiary/aromatic N) is 2. The topological polar surface area (TPSA) is 88.8 Å². The minimum Gasteiger partial charge on any atom is -0.493 e. The van der Waals surface area contributed by atoms with Gasteiger partial charge in [-0.15, -0.1) is 0 Å². The smallest absolute Gasteiger partial charge is 0.269 e. The average Bonchev–Trinajstić information content (AvgIpc) is 3.54. The highest BCUT2D eigenvalue weighted by molar-refractivity contribution is 5.79. The van der Waals surface area contributed by atoms with Gasteiger partial charge in [-0.3, -0.25) is 10.1 Å². The van der Waals surface area contributed by atoms with Gasteiger partial charge in [0, 0.05) is 30.8 Å². The van der Waals surface area contributed by atoms with Crippen LogP contribution in [0.25, 0.3) is 0 Å². The van der Waals surface area contributed by atoms with Crippen LogP contribution in [0.4, 0.5) is 5.69 Å². The monoisotopic (exact) mass is 382 g/mol. The maximum atomic E-state index is 10.7.